The lowest BCUT2D eigenvalue weighted by Crippen LogP contribution is -2.11. The maximum Gasteiger partial charge on any atom is 0.148 e. The van der Waals surface area contributed by atoms with Crippen molar-refractivity contribution in [1.29, 1.82) is 10.5 Å². The summed E-state index contributed by atoms with van der Waals surface area (Å²) in [5.74, 6) is 2.27. The van der Waals surface area contributed by atoms with E-state index in [2.05, 4.69) is 39.8 Å². The third-order valence-electron chi connectivity index (χ3n) is 5.98. The van der Waals surface area contributed by atoms with Gasteiger partial charge in [0.1, 0.15) is 34.8 Å². The van der Waals surface area contributed by atoms with Crippen LogP contribution in [0, 0.1) is 34.5 Å². The van der Waals surface area contributed by atoms with E-state index in [9.17, 15) is 10.5 Å². The van der Waals surface area contributed by atoms with Gasteiger partial charge in [-0.1, -0.05) is 66.2 Å². The van der Waals surface area contributed by atoms with Gasteiger partial charge in [-0.3, -0.25) is 0 Å². The van der Waals surface area contributed by atoms with E-state index in [4.69, 9.17) is 9.47 Å². The largest absolute Gasteiger partial charge is 0.491 e. The van der Waals surface area contributed by atoms with E-state index in [-0.39, 0.29) is 0 Å². The first-order chi connectivity index (χ1) is 15.6. The molecule has 0 fully saturated rings. The highest BCUT2D eigenvalue weighted by Crippen LogP contribution is 2.44. The van der Waals surface area contributed by atoms with Gasteiger partial charge in [-0.05, 0) is 24.7 Å². The SMILES string of the molecule is CCCCC(CC)COc1csc(-c2scc(OCC(CC)CCCC)c2C#N)c1C#N. The summed E-state index contributed by atoms with van der Waals surface area (Å²) in [6.45, 7) is 10.0. The lowest BCUT2D eigenvalue weighted by atomic mass is 10.0. The van der Waals surface area contributed by atoms with Gasteiger partial charge in [0.2, 0.25) is 0 Å². The number of rotatable bonds is 15. The Morgan fingerprint density at radius 1 is 0.750 bits per heavy atom. The second-order valence-electron chi connectivity index (χ2n) is 8.29. The summed E-state index contributed by atoms with van der Waals surface area (Å²) in [5, 5.41) is 23.5. The number of hydrogen-bond donors (Lipinski definition) is 0. The number of thiophene rings is 2. The maximum atomic E-state index is 9.84. The second-order valence-corrected chi connectivity index (χ2v) is 10.0. The zero-order valence-corrected chi connectivity index (χ0v) is 21.5. The van der Waals surface area contributed by atoms with E-state index in [1.54, 1.807) is 0 Å². The van der Waals surface area contributed by atoms with E-state index in [0.29, 0.717) is 47.7 Å². The first-order valence-corrected chi connectivity index (χ1v) is 13.7. The van der Waals surface area contributed by atoms with Crippen molar-refractivity contribution in [2.45, 2.75) is 79.1 Å². The van der Waals surface area contributed by atoms with Gasteiger partial charge in [-0.25, -0.2) is 0 Å². The summed E-state index contributed by atoms with van der Waals surface area (Å²) in [5.41, 5.74) is 1.05. The average molecular weight is 473 g/mol. The Kier molecular flexibility index (Phi) is 11.6. The first kappa shape index (κ1) is 26.2. The predicted molar refractivity (Wildman–Crippen MR) is 135 cm³/mol. The van der Waals surface area contributed by atoms with Crippen molar-refractivity contribution in [3.63, 3.8) is 0 Å². The van der Waals surface area contributed by atoms with Gasteiger partial charge in [0, 0.05) is 10.8 Å². The molecule has 0 N–H and O–H groups in total. The minimum Gasteiger partial charge on any atom is -0.491 e. The normalized spacial score (nSPS) is 12.7. The van der Waals surface area contributed by atoms with Crippen LogP contribution < -0.4 is 9.47 Å². The maximum absolute atomic E-state index is 9.84. The van der Waals surface area contributed by atoms with E-state index >= 15 is 0 Å². The topological polar surface area (TPSA) is 66.0 Å². The third-order valence-corrected chi connectivity index (χ3v) is 8.06. The quantitative estimate of drug-likeness (QED) is 0.261. The Balaban J connectivity index is 2.16. The molecule has 0 saturated heterocycles. The summed E-state index contributed by atoms with van der Waals surface area (Å²) >= 11 is 2.94. The first-order valence-electron chi connectivity index (χ1n) is 11.9. The van der Waals surface area contributed by atoms with Gasteiger partial charge in [-0.15, -0.1) is 22.7 Å². The van der Waals surface area contributed by atoms with Crippen molar-refractivity contribution in [2.75, 3.05) is 13.2 Å². The zero-order valence-electron chi connectivity index (χ0n) is 19.9. The van der Waals surface area contributed by atoms with Gasteiger partial charge in [-0.2, -0.15) is 10.5 Å². The Hall–Kier alpha value is -2.02. The molecule has 6 heteroatoms. The van der Waals surface area contributed by atoms with Crippen molar-refractivity contribution in [2.24, 2.45) is 11.8 Å². The van der Waals surface area contributed by atoms with Gasteiger partial charge in [0.25, 0.3) is 0 Å². The Morgan fingerprint density at radius 2 is 1.16 bits per heavy atom. The minimum absolute atomic E-state index is 0.500. The Morgan fingerprint density at radius 3 is 1.47 bits per heavy atom. The van der Waals surface area contributed by atoms with Crippen molar-refractivity contribution in [3.05, 3.63) is 21.9 Å². The molecule has 174 valence electrons. The molecule has 0 aliphatic carbocycles. The molecule has 4 nitrogen and oxygen atoms in total. The van der Waals surface area contributed by atoms with Crippen LogP contribution in [0.25, 0.3) is 9.75 Å². The summed E-state index contributed by atoms with van der Waals surface area (Å²) in [7, 11) is 0. The smallest absolute Gasteiger partial charge is 0.148 e. The van der Waals surface area contributed by atoms with Crippen LogP contribution in [0.2, 0.25) is 0 Å². The molecular weight excluding hydrogens is 436 g/mol. The van der Waals surface area contributed by atoms with Crippen molar-refractivity contribution in [3.8, 4) is 33.4 Å². The van der Waals surface area contributed by atoms with Crippen LogP contribution in [-0.2, 0) is 0 Å². The van der Waals surface area contributed by atoms with Gasteiger partial charge < -0.3 is 9.47 Å². The molecule has 2 heterocycles. The van der Waals surface area contributed by atoms with Crippen LogP contribution in [0.4, 0.5) is 0 Å². The summed E-state index contributed by atoms with van der Waals surface area (Å²) in [6.07, 6.45) is 9.19. The summed E-state index contributed by atoms with van der Waals surface area (Å²) < 4.78 is 12.1. The molecule has 0 saturated carbocycles. The molecule has 2 unspecified atom stereocenters. The van der Waals surface area contributed by atoms with Gasteiger partial charge in [0.15, 0.2) is 0 Å². The fourth-order valence-electron chi connectivity index (χ4n) is 3.65. The molecule has 0 aliphatic rings. The number of nitrogens with zero attached hydrogens (tertiary/aromatic N) is 2. The molecule has 2 atom stereocenters. The summed E-state index contributed by atoms with van der Waals surface area (Å²) in [4.78, 5) is 1.61. The molecule has 0 spiro atoms. The van der Waals surface area contributed by atoms with Crippen LogP contribution in [0.15, 0.2) is 10.8 Å². The number of unbranched alkanes of at least 4 members (excludes halogenated alkanes) is 2. The fraction of sp³-hybridized carbons (Fsp3) is 0.615. The van der Waals surface area contributed by atoms with Crippen molar-refractivity contribution >= 4 is 22.7 Å². The lowest BCUT2D eigenvalue weighted by Gasteiger charge is -2.15. The molecule has 0 bridgehead atoms. The van der Waals surface area contributed by atoms with E-state index < -0.39 is 0 Å². The molecule has 0 aromatic carbocycles. The monoisotopic (exact) mass is 472 g/mol. The Bertz CT molecular complexity index is 830. The number of ether oxygens (including phenoxy) is 2. The van der Waals surface area contributed by atoms with Crippen molar-refractivity contribution in [1.82, 2.24) is 0 Å². The van der Waals surface area contributed by atoms with Crippen LogP contribution in [0.5, 0.6) is 11.5 Å². The zero-order chi connectivity index (χ0) is 23.3. The molecule has 2 rings (SSSR count). The lowest BCUT2D eigenvalue weighted by molar-refractivity contribution is 0.233. The second kappa shape index (κ2) is 14.2. The minimum atomic E-state index is 0.500. The molecule has 0 radical (unpaired) electrons. The molecule has 0 amide bonds. The average Bonchev–Trinajstić information content (AvgIpc) is 3.42. The van der Waals surface area contributed by atoms with Gasteiger partial charge in [0.05, 0.1) is 23.0 Å². The molecule has 32 heavy (non-hydrogen) atoms. The molecule has 0 aliphatic heterocycles. The number of nitriles is 2. The standard InChI is InChI=1S/C26H36N2O2S2/c1-5-9-11-19(7-3)15-29-23-17-31-25(21(23)13-27)26-22(14-28)24(18-32-26)30-16-20(8-4)12-10-6-2/h17-20H,5-12,15-16H2,1-4H3. The molecule has 2 aromatic rings. The van der Waals surface area contributed by atoms with Crippen LogP contribution in [0.3, 0.4) is 0 Å². The summed E-state index contributed by atoms with van der Waals surface area (Å²) in [6, 6.07) is 4.63. The molecule has 2 aromatic heterocycles. The van der Waals surface area contributed by atoms with Crippen LogP contribution in [0.1, 0.15) is 90.2 Å². The van der Waals surface area contributed by atoms with Crippen molar-refractivity contribution < 1.29 is 9.47 Å². The highest BCUT2D eigenvalue weighted by atomic mass is 32.1. The molecular formula is C26H36N2O2S2. The van der Waals surface area contributed by atoms with Crippen LogP contribution >= 0.6 is 22.7 Å². The highest BCUT2D eigenvalue weighted by molar-refractivity contribution is 7.21. The van der Waals surface area contributed by atoms with E-state index in [0.717, 1.165) is 35.4 Å². The highest BCUT2D eigenvalue weighted by Gasteiger charge is 2.23. The Labute approximate surface area is 201 Å². The third kappa shape index (κ3) is 6.99. The van der Waals surface area contributed by atoms with Gasteiger partial charge >= 0.3 is 0 Å². The number of hydrogen-bond acceptors (Lipinski definition) is 6. The van der Waals surface area contributed by atoms with Crippen LogP contribution in [-0.4, -0.2) is 13.2 Å². The van der Waals surface area contributed by atoms with E-state index in [1.165, 1.54) is 48.4 Å². The van der Waals surface area contributed by atoms with E-state index in [1.807, 2.05) is 10.8 Å². The fourth-order valence-corrected chi connectivity index (χ4v) is 5.71. The predicted octanol–water partition coefficient (Wildman–Crippen LogP) is 8.41.